The molecule has 0 aliphatic carbocycles. The minimum atomic E-state index is -0.483. The first-order valence-electron chi connectivity index (χ1n) is 7.52. The fourth-order valence-corrected chi connectivity index (χ4v) is 3.65. The van der Waals surface area contributed by atoms with E-state index >= 15 is 0 Å². The van der Waals surface area contributed by atoms with Crippen LogP contribution in [-0.2, 0) is 9.59 Å². The topological polar surface area (TPSA) is 74.1 Å². The molecule has 9 heteroatoms. The summed E-state index contributed by atoms with van der Waals surface area (Å²) < 4.78 is 13.5. The van der Waals surface area contributed by atoms with E-state index in [-0.39, 0.29) is 17.4 Å². The smallest absolute Gasteiger partial charge is 0.276 e. The maximum atomic E-state index is 13.5. The van der Waals surface area contributed by atoms with Crippen LogP contribution in [0.15, 0.2) is 52.7 Å². The maximum Gasteiger partial charge on any atom is 0.276 e. The van der Waals surface area contributed by atoms with Crippen LogP contribution in [-0.4, -0.2) is 28.4 Å². The van der Waals surface area contributed by atoms with E-state index in [4.69, 9.17) is 11.6 Å². The van der Waals surface area contributed by atoms with E-state index in [1.165, 1.54) is 34.9 Å². The van der Waals surface area contributed by atoms with Crippen molar-refractivity contribution in [3.63, 3.8) is 0 Å². The Balaban J connectivity index is 1.74. The van der Waals surface area contributed by atoms with Gasteiger partial charge in [0.05, 0.1) is 22.2 Å². The van der Waals surface area contributed by atoms with Crippen LogP contribution in [0.25, 0.3) is 0 Å². The molecule has 6 nitrogen and oxygen atoms in total. The number of amidine groups is 1. The molecule has 2 aliphatic heterocycles. The van der Waals surface area contributed by atoms with E-state index in [2.05, 4.69) is 15.5 Å². The van der Waals surface area contributed by atoms with Crippen LogP contribution in [0.4, 0.5) is 15.8 Å². The molecule has 1 fully saturated rings. The molecule has 2 amide bonds. The molecule has 0 aromatic heterocycles. The highest BCUT2D eigenvalue weighted by atomic mass is 35.5. The van der Waals surface area contributed by atoms with E-state index in [1.807, 2.05) is 0 Å². The standard InChI is InChI=1S/C17H10ClFN4O2S/c18-11-3-1-2-4-13(11)23-14(24)8-26-17(23)22-21-15-10-7-9(19)5-6-12(10)20-16(15)25/h1-7H,8H2,(H,20,21,25). The number of hydrogen-bond acceptors (Lipinski definition) is 5. The highest BCUT2D eigenvalue weighted by Gasteiger charge is 2.32. The van der Waals surface area contributed by atoms with Gasteiger partial charge in [-0.3, -0.25) is 14.5 Å². The number of amides is 2. The number of nitrogens with one attached hydrogen (secondary N) is 1. The molecule has 2 heterocycles. The van der Waals surface area contributed by atoms with Crippen molar-refractivity contribution in [1.29, 1.82) is 0 Å². The fraction of sp³-hybridized carbons (Fsp3) is 0.0588. The maximum absolute atomic E-state index is 13.5. The van der Waals surface area contributed by atoms with Crippen LogP contribution in [0.2, 0.25) is 5.02 Å². The van der Waals surface area contributed by atoms with Crippen LogP contribution in [0, 0.1) is 5.82 Å². The molecule has 0 saturated carbocycles. The van der Waals surface area contributed by atoms with E-state index in [9.17, 15) is 14.0 Å². The summed E-state index contributed by atoms with van der Waals surface area (Å²) in [5.41, 5.74) is 1.28. The van der Waals surface area contributed by atoms with E-state index in [0.29, 0.717) is 27.1 Å². The van der Waals surface area contributed by atoms with E-state index in [0.717, 1.165) is 0 Å². The van der Waals surface area contributed by atoms with E-state index < -0.39 is 11.7 Å². The summed E-state index contributed by atoms with van der Waals surface area (Å²) in [6.07, 6.45) is 0. The van der Waals surface area contributed by atoms with Gasteiger partial charge in [0.25, 0.3) is 5.91 Å². The summed E-state index contributed by atoms with van der Waals surface area (Å²) in [4.78, 5) is 25.7. The van der Waals surface area contributed by atoms with Gasteiger partial charge in [-0.25, -0.2) is 4.39 Å². The van der Waals surface area contributed by atoms with Gasteiger partial charge in [0.2, 0.25) is 5.91 Å². The number of fused-ring (bicyclic) bond motifs is 1. The van der Waals surface area contributed by atoms with Crippen LogP contribution < -0.4 is 10.2 Å². The van der Waals surface area contributed by atoms with Gasteiger partial charge in [-0.2, -0.15) is 0 Å². The van der Waals surface area contributed by atoms with Gasteiger partial charge < -0.3 is 5.32 Å². The number of benzene rings is 2. The zero-order valence-electron chi connectivity index (χ0n) is 13.1. The molecule has 0 radical (unpaired) electrons. The summed E-state index contributed by atoms with van der Waals surface area (Å²) in [6.45, 7) is 0. The minimum Gasteiger partial charge on any atom is -0.320 e. The number of thioether (sulfide) groups is 1. The second kappa shape index (κ2) is 6.54. The van der Waals surface area contributed by atoms with Gasteiger partial charge in [0.15, 0.2) is 10.9 Å². The first-order chi connectivity index (χ1) is 12.5. The fourth-order valence-electron chi connectivity index (χ4n) is 2.62. The molecule has 0 spiro atoms. The van der Waals surface area contributed by atoms with Gasteiger partial charge in [0.1, 0.15) is 5.82 Å². The van der Waals surface area contributed by atoms with Crippen molar-refractivity contribution in [3.05, 3.63) is 58.9 Å². The Morgan fingerprint density at radius 2 is 1.96 bits per heavy atom. The van der Waals surface area contributed by atoms with E-state index in [1.54, 1.807) is 24.3 Å². The number of halogens is 2. The number of rotatable bonds is 2. The lowest BCUT2D eigenvalue weighted by Gasteiger charge is -2.16. The van der Waals surface area contributed by atoms with Gasteiger partial charge in [-0.05, 0) is 30.3 Å². The van der Waals surface area contributed by atoms with Crippen molar-refractivity contribution in [2.75, 3.05) is 16.0 Å². The third kappa shape index (κ3) is 2.87. The summed E-state index contributed by atoms with van der Waals surface area (Å²) in [7, 11) is 0. The summed E-state index contributed by atoms with van der Waals surface area (Å²) >= 11 is 7.36. The average molecular weight is 389 g/mol. The quantitative estimate of drug-likeness (QED) is 0.802. The van der Waals surface area contributed by atoms with Crippen molar-refractivity contribution in [2.45, 2.75) is 0 Å². The van der Waals surface area contributed by atoms with Gasteiger partial charge >= 0.3 is 0 Å². The molecule has 26 heavy (non-hydrogen) atoms. The molecule has 0 atom stereocenters. The number of anilines is 2. The second-order valence-corrected chi connectivity index (χ2v) is 6.79. The predicted octanol–water partition coefficient (Wildman–Crippen LogP) is 3.27. The molecular weight excluding hydrogens is 379 g/mol. The van der Waals surface area contributed by atoms with Gasteiger partial charge in [-0.1, -0.05) is 35.5 Å². The Kier molecular flexibility index (Phi) is 4.21. The predicted molar refractivity (Wildman–Crippen MR) is 100 cm³/mol. The van der Waals surface area contributed by atoms with Crippen molar-refractivity contribution in [1.82, 2.24) is 0 Å². The Morgan fingerprint density at radius 1 is 1.15 bits per heavy atom. The highest BCUT2D eigenvalue weighted by molar-refractivity contribution is 8.15. The van der Waals surface area contributed by atoms with Crippen LogP contribution >= 0.6 is 23.4 Å². The second-order valence-electron chi connectivity index (χ2n) is 5.44. The molecule has 2 aromatic rings. The molecule has 4 rings (SSSR count). The minimum absolute atomic E-state index is 0.00828. The lowest BCUT2D eigenvalue weighted by molar-refractivity contribution is -0.115. The zero-order chi connectivity index (χ0) is 18.3. The number of hydrogen-bond donors (Lipinski definition) is 1. The van der Waals surface area contributed by atoms with Crippen molar-refractivity contribution in [2.24, 2.45) is 10.2 Å². The molecular formula is C17H10ClFN4O2S. The van der Waals surface area contributed by atoms with Crippen molar-refractivity contribution in [3.8, 4) is 0 Å². The molecule has 0 unspecified atom stereocenters. The first-order valence-corrected chi connectivity index (χ1v) is 8.88. The number of para-hydroxylation sites is 1. The first kappa shape index (κ1) is 16.7. The Labute approximate surface area is 156 Å². The molecule has 2 aromatic carbocycles. The summed E-state index contributed by atoms with van der Waals surface area (Å²) in [6, 6.07) is 10.8. The zero-order valence-corrected chi connectivity index (χ0v) is 14.6. The molecule has 130 valence electrons. The molecule has 0 bridgehead atoms. The van der Waals surface area contributed by atoms with Crippen LogP contribution in [0.5, 0.6) is 0 Å². The van der Waals surface area contributed by atoms with Crippen LogP contribution in [0.1, 0.15) is 5.56 Å². The summed E-state index contributed by atoms with van der Waals surface area (Å²) in [5.74, 6) is -0.964. The number of nitrogens with zero attached hydrogens (tertiary/aromatic N) is 3. The molecule has 1 N–H and O–H groups in total. The third-order valence-corrected chi connectivity index (χ3v) is 5.03. The Morgan fingerprint density at radius 3 is 2.77 bits per heavy atom. The summed E-state index contributed by atoms with van der Waals surface area (Å²) in [5, 5.41) is 11.3. The van der Waals surface area contributed by atoms with Gasteiger partial charge in [-0.15, -0.1) is 10.2 Å². The van der Waals surface area contributed by atoms with Crippen LogP contribution in [0.3, 0.4) is 0 Å². The molecule has 2 aliphatic rings. The Hall–Kier alpha value is -2.71. The van der Waals surface area contributed by atoms with Gasteiger partial charge in [0, 0.05) is 5.56 Å². The number of carbonyl (C=O) groups excluding carboxylic acids is 2. The highest BCUT2D eigenvalue weighted by Crippen LogP contribution is 2.32. The largest absolute Gasteiger partial charge is 0.320 e. The monoisotopic (exact) mass is 388 g/mol. The normalized spacial score (nSPS) is 19.4. The van der Waals surface area contributed by atoms with Crippen molar-refractivity contribution >= 4 is 57.4 Å². The molecule has 1 saturated heterocycles. The SMILES string of the molecule is O=C1Nc2ccc(F)cc2C1=NN=C1SCC(=O)N1c1ccccc1Cl. The lowest BCUT2D eigenvalue weighted by atomic mass is 10.1. The van der Waals surface area contributed by atoms with Crippen molar-refractivity contribution < 1.29 is 14.0 Å². The Bertz CT molecular complexity index is 1010. The number of carbonyl (C=O) groups is 2. The average Bonchev–Trinajstić information content (AvgIpc) is 3.13. The lowest BCUT2D eigenvalue weighted by Crippen LogP contribution is -2.29. The third-order valence-electron chi connectivity index (χ3n) is 3.79.